The van der Waals surface area contributed by atoms with Crippen LogP contribution in [0.25, 0.3) is 0 Å². The molecule has 1 atom stereocenters. The van der Waals surface area contributed by atoms with Gasteiger partial charge in [-0.05, 0) is 18.9 Å². The Morgan fingerprint density at radius 3 is 2.18 bits per heavy atom. The van der Waals surface area contributed by atoms with Gasteiger partial charge in [0.2, 0.25) is 5.91 Å². The van der Waals surface area contributed by atoms with Gasteiger partial charge in [-0.25, -0.2) is 0 Å². The van der Waals surface area contributed by atoms with E-state index in [0.29, 0.717) is 45.2 Å². The molecule has 0 aromatic heterocycles. The van der Waals surface area contributed by atoms with E-state index in [4.69, 9.17) is 15.2 Å². The van der Waals surface area contributed by atoms with Gasteiger partial charge in [-0.3, -0.25) is 4.79 Å². The van der Waals surface area contributed by atoms with Gasteiger partial charge in [0.15, 0.2) is 0 Å². The van der Waals surface area contributed by atoms with Crippen LogP contribution in [-0.2, 0) is 14.3 Å². The van der Waals surface area contributed by atoms with E-state index in [-0.39, 0.29) is 5.91 Å². The minimum absolute atomic E-state index is 0.152. The molecule has 1 unspecified atom stereocenters. The molecule has 0 aromatic rings. The second kappa shape index (κ2) is 10.5. The molecule has 2 N–H and O–H groups in total. The van der Waals surface area contributed by atoms with Gasteiger partial charge in [0.05, 0.1) is 13.2 Å². The van der Waals surface area contributed by atoms with E-state index in [1.54, 1.807) is 19.1 Å². The van der Waals surface area contributed by atoms with Crippen molar-refractivity contribution < 1.29 is 14.3 Å². The van der Waals surface area contributed by atoms with Gasteiger partial charge in [0.25, 0.3) is 0 Å². The van der Waals surface area contributed by atoms with E-state index in [0.717, 1.165) is 6.42 Å². The Hall–Kier alpha value is -0.650. The number of nitrogens with two attached hydrogens (primary N) is 1. The van der Waals surface area contributed by atoms with Crippen molar-refractivity contribution in [2.45, 2.75) is 19.8 Å². The normalized spacial score (nSPS) is 12.5. The lowest BCUT2D eigenvalue weighted by atomic mass is 10.1. The SMILES string of the molecule is COCCN(CCOC)C(=O)CCC(C)CN. The molecule has 5 heteroatoms. The van der Waals surface area contributed by atoms with Crippen molar-refractivity contribution in [1.29, 1.82) is 0 Å². The van der Waals surface area contributed by atoms with Crippen molar-refractivity contribution in [3.05, 3.63) is 0 Å². The van der Waals surface area contributed by atoms with E-state index >= 15 is 0 Å². The first-order chi connectivity index (χ1) is 8.15. The van der Waals surface area contributed by atoms with Gasteiger partial charge < -0.3 is 20.1 Å². The van der Waals surface area contributed by atoms with Crippen LogP contribution in [0.5, 0.6) is 0 Å². The maximum atomic E-state index is 11.9. The van der Waals surface area contributed by atoms with Gasteiger partial charge >= 0.3 is 0 Å². The highest BCUT2D eigenvalue weighted by Crippen LogP contribution is 2.06. The number of nitrogens with zero attached hydrogens (tertiary/aromatic N) is 1. The Morgan fingerprint density at radius 2 is 1.76 bits per heavy atom. The molecule has 0 aliphatic carbocycles. The summed E-state index contributed by atoms with van der Waals surface area (Å²) >= 11 is 0. The second-order valence-corrected chi connectivity index (χ2v) is 4.25. The molecular formula is C12H26N2O3. The van der Waals surface area contributed by atoms with Crippen LogP contribution in [0, 0.1) is 5.92 Å². The Kier molecular flexibility index (Phi) is 10.1. The first-order valence-corrected chi connectivity index (χ1v) is 6.11. The number of hydrogen-bond donors (Lipinski definition) is 1. The van der Waals surface area contributed by atoms with Crippen LogP contribution in [0.15, 0.2) is 0 Å². The lowest BCUT2D eigenvalue weighted by molar-refractivity contribution is -0.132. The lowest BCUT2D eigenvalue weighted by Crippen LogP contribution is -2.36. The van der Waals surface area contributed by atoms with Crippen molar-refractivity contribution in [3.8, 4) is 0 Å². The molecule has 0 radical (unpaired) electrons. The highest BCUT2D eigenvalue weighted by Gasteiger charge is 2.13. The fourth-order valence-corrected chi connectivity index (χ4v) is 1.41. The molecule has 0 bridgehead atoms. The van der Waals surface area contributed by atoms with Crippen molar-refractivity contribution >= 4 is 5.91 Å². The molecule has 0 fully saturated rings. The Labute approximate surface area is 104 Å². The molecule has 0 rings (SSSR count). The largest absolute Gasteiger partial charge is 0.383 e. The van der Waals surface area contributed by atoms with Crippen LogP contribution < -0.4 is 5.73 Å². The van der Waals surface area contributed by atoms with Crippen molar-refractivity contribution in [1.82, 2.24) is 4.90 Å². The van der Waals surface area contributed by atoms with Gasteiger partial charge in [-0.15, -0.1) is 0 Å². The van der Waals surface area contributed by atoms with Gasteiger partial charge in [0.1, 0.15) is 0 Å². The molecule has 0 aliphatic heterocycles. The zero-order chi connectivity index (χ0) is 13.1. The van der Waals surface area contributed by atoms with E-state index < -0.39 is 0 Å². The van der Waals surface area contributed by atoms with Crippen LogP contribution in [0.2, 0.25) is 0 Å². The van der Waals surface area contributed by atoms with Crippen LogP contribution >= 0.6 is 0 Å². The quantitative estimate of drug-likeness (QED) is 0.609. The maximum absolute atomic E-state index is 11.9. The molecule has 0 spiro atoms. The highest BCUT2D eigenvalue weighted by atomic mass is 16.5. The minimum Gasteiger partial charge on any atom is -0.383 e. The van der Waals surface area contributed by atoms with Crippen LogP contribution in [0.1, 0.15) is 19.8 Å². The topological polar surface area (TPSA) is 64.8 Å². The summed E-state index contributed by atoms with van der Waals surface area (Å²) < 4.78 is 9.99. The average Bonchev–Trinajstić information content (AvgIpc) is 2.35. The minimum atomic E-state index is 0.152. The van der Waals surface area contributed by atoms with Crippen LogP contribution in [-0.4, -0.2) is 57.9 Å². The number of rotatable bonds is 10. The molecule has 0 aliphatic rings. The summed E-state index contributed by atoms with van der Waals surface area (Å²) in [6.07, 6.45) is 1.39. The van der Waals surface area contributed by atoms with E-state index in [1.165, 1.54) is 0 Å². The summed E-state index contributed by atoms with van der Waals surface area (Å²) in [5, 5.41) is 0. The predicted octanol–water partition coefficient (Wildman–Crippen LogP) is 0.483. The van der Waals surface area contributed by atoms with Crippen molar-refractivity contribution in [3.63, 3.8) is 0 Å². The third-order valence-corrected chi connectivity index (χ3v) is 2.74. The molecule has 102 valence electrons. The fraction of sp³-hybridized carbons (Fsp3) is 0.917. The van der Waals surface area contributed by atoms with Crippen LogP contribution in [0.3, 0.4) is 0 Å². The number of ether oxygens (including phenoxy) is 2. The van der Waals surface area contributed by atoms with Gasteiger partial charge in [-0.2, -0.15) is 0 Å². The molecule has 5 nitrogen and oxygen atoms in total. The summed E-state index contributed by atoms with van der Waals surface area (Å²) in [5.41, 5.74) is 5.53. The molecule has 17 heavy (non-hydrogen) atoms. The summed E-state index contributed by atoms with van der Waals surface area (Å²) in [6.45, 7) is 5.04. The third kappa shape index (κ3) is 8.12. The van der Waals surface area contributed by atoms with Gasteiger partial charge in [-0.1, -0.05) is 6.92 Å². The van der Waals surface area contributed by atoms with Crippen molar-refractivity contribution in [2.24, 2.45) is 11.7 Å². The summed E-state index contributed by atoms with van der Waals surface area (Å²) in [7, 11) is 3.27. The summed E-state index contributed by atoms with van der Waals surface area (Å²) in [4.78, 5) is 13.7. The summed E-state index contributed by atoms with van der Waals surface area (Å²) in [6, 6.07) is 0. The second-order valence-electron chi connectivity index (χ2n) is 4.25. The zero-order valence-corrected chi connectivity index (χ0v) is 11.3. The van der Waals surface area contributed by atoms with Crippen molar-refractivity contribution in [2.75, 3.05) is 47.1 Å². The Morgan fingerprint density at radius 1 is 1.24 bits per heavy atom. The van der Waals surface area contributed by atoms with E-state index in [1.807, 2.05) is 0 Å². The number of amides is 1. The van der Waals surface area contributed by atoms with Gasteiger partial charge in [0, 0.05) is 33.7 Å². The molecule has 0 saturated carbocycles. The number of carbonyl (C=O) groups is 1. The summed E-state index contributed by atoms with van der Waals surface area (Å²) in [5.74, 6) is 0.546. The lowest BCUT2D eigenvalue weighted by Gasteiger charge is -2.22. The predicted molar refractivity (Wildman–Crippen MR) is 67.8 cm³/mol. The average molecular weight is 246 g/mol. The Balaban J connectivity index is 4.02. The smallest absolute Gasteiger partial charge is 0.222 e. The molecular weight excluding hydrogens is 220 g/mol. The first kappa shape index (κ1) is 16.4. The highest BCUT2D eigenvalue weighted by molar-refractivity contribution is 5.76. The zero-order valence-electron chi connectivity index (χ0n) is 11.3. The number of methoxy groups -OCH3 is 2. The monoisotopic (exact) mass is 246 g/mol. The molecule has 0 heterocycles. The number of hydrogen-bond acceptors (Lipinski definition) is 4. The maximum Gasteiger partial charge on any atom is 0.222 e. The molecule has 0 aromatic carbocycles. The third-order valence-electron chi connectivity index (χ3n) is 2.74. The van der Waals surface area contributed by atoms with E-state index in [2.05, 4.69) is 6.92 Å². The molecule has 0 saturated heterocycles. The Bertz CT molecular complexity index is 192. The van der Waals surface area contributed by atoms with Crippen LogP contribution in [0.4, 0.5) is 0 Å². The standard InChI is InChI=1S/C12H26N2O3/c1-11(10-13)4-5-12(15)14(6-8-16-2)7-9-17-3/h11H,4-10,13H2,1-3H3. The number of carbonyl (C=O) groups excluding carboxylic acids is 1. The van der Waals surface area contributed by atoms with E-state index in [9.17, 15) is 4.79 Å². The first-order valence-electron chi connectivity index (χ1n) is 6.11. The molecule has 1 amide bonds. The fourth-order valence-electron chi connectivity index (χ4n) is 1.41.